The highest BCUT2D eigenvalue weighted by Crippen LogP contribution is 2.26. The molecule has 0 aliphatic rings. The van der Waals surface area contributed by atoms with Gasteiger partial charge in [-0.1, -0.05) is 42.3 Å². The Labute approximate surface area is 227 Å². The monoisotopic (exact) mass is 545 g/mol. The Morgan fingerprint density at radius 1 is 1.26 bits per heavy atom. The van der Waals surface area contributed by atoms with Gasteiger partial charge in [0.05, 0.1) is 28.2 Å². The van der Waals surface area contributed by atoms with Gasteiger partial charge in [-0.2, -0.15) is 0 Å². The number of nitrogens with one attached hydrogen (secondary N) is 1. The van der Waals surface area contributed by atoms with Gasteiger partial charge in [-0.15, -0.1) is 0 Å². The predicted molar refractivity (Wildman–Crippen MR) is 149 cm³/mol. The molecule has 3 heterocycles. The average molecular weight is 546 g/mol. The van der Waals surface area contributed by atoms with Gasteiger partial charge in [-0.05, 0) is 44.1 Å². The molecule has 0 radical (unpaired) electrons. The number of aromatic nitrogens is 5. The van der Waals surface area contributed by atoms with Crippen LogP contribution in [0.15, 0.2) is 72.5 Å². The van der Waals surface area contributed by atoms with Crippen molar-refractivity contribution in [2.75, 3.05) is 11.1 Å². The van der Waals surface area contributed by atoms with E-state index in [2.05, 4.69) is 38.7 Å². The minimum atomic E-state index is -0.922. The van der Waals surface area contributed by atoms with Gasteiger partial charge in [0.15, 0.2) is 5.82 Å². The maximum absolute atomic E-state index is 14.1. The lowest BCUT2D eigenvalue weighted by Gasteiger charge is -2.21. The first-order valence-corrected chi connectivity index (χ1v) is 12.0. The van der Waals surface area contributed by atoms with Crippen molar-refractivity contribution in [3.05, 3.63) is 112 Å². The number of halogens is 3. The topological polar surface area (TPSA) is 112 Å². The van der Waals surface area contributed by atoms with Crippen molar-refractivity contribution < 1.29 is 8.78 Å². The molecular weight excluding hydrogens is 524 g/mol. The van der Waals surface area contributed by atoms with Gasteiger partial charge in [-0.25, -0.2) is 28.7 Å². The van der Waals surface area contributed by atoms with Gasteiger partial charge in [0.1, 0.15) is 40.9 Å². The first kappa shape index (κ1) is 27.2. The van der Waals surface area contributed by atoms with Crippen LogP contribution >= 0.6 is 11.6 Å². The van der Waals surface area contributed by atoms with E-state index in [1.165, 1.54) is 17.0 Å². The van der Waals surface area contributed by atoms with E-state index in [0.29, 0.717) is 23.1 Å². The third-order valence-electron chi connectivity index (χ3n) is 5.53. The minimum Gasteiger partial charge on any atom is -0.382 e. The fraction of sp³-hybridized carbons (Fsp3) is 0.107. The number of hydrogen-bond donors (Lipinski definition) is 2. The van der Waals surface area contributed by atoms with Crippen LogP contribution in [0.5, 0.6) is 0 Å². The van der Waals surface area contributed by atoms with Crippen LogP contribution in [-0.4, -0.2) is 24.5 Å². The van der Waals surface area contributed by atoms with Crippen molar-refractivity contribution in [3.8, 4) is 11.8 Å². The molecule has 196 valence electrons. The second kappa shape index (κ2) is 11.7. The molecule has 0 aliphatic heterocycles. The average Bonchev–Trinajstić information content (AvgIpc) is 2.90. The molecule has 0 fully saturated rings. The molecule has 4 aromatic rings. The highest BCUT2D eigenvalue weighted by molar-refractivity contribution is 6.35. The van der Waals surface area contributed by atoms with Gasteiger partial charge in [0, 0.05) is 11.8 Å². The van der Waals surface area contributed by atoms with Crippen LogP contribution in [0.4, 0.5) is 20.4 Å². The van der Waals surface area contributed by atoms with E-state index in [1.54, 1.807) is 37.3 Å². The van der Waals surface area contributed by atoms with E-state index in [1.807, 2.05) is 13.0 Å². The molecule has 0 saturated carbocycles. The number of nitrogens with zero attached hydrogens (tertiary/aromatic N) is 5. The fourth-order valence-electron chi connectivity index (χ4n) is 3.71. The normalized spacial score (nSPS) is 12.3. The number of allylic oxidation sites excluding steroid dienone is 5. The number of pyridine rings is 1. The van der Waals surface area contributed by atoms with E-state index in [9.17, 15) is 13.6 Å². The zero-order valence-electron chi connectivity index (χ0n) is 20.9. The van der Waals surface area contributed by atoms with Crippen molar-refractivity contribution in [2.45, 2.75) is 19.9 Å². The lowest BCUT2D eigenvalue weighted by Crippen LogP contribution is -2.28. The minimum absolute atomic E-state index is 0.0186. The number of fused-ring (bicyclic) bond motifs is 1. The molecule has 0 bridgehead atoms. The lowest BCUT2D eigenvalue weighted by atomic mass is 10.2. The third kappa shape index (κ3) is 5.68. The zero-order valence-corrected chi connectivity index (χ0v) is 21.7. The van der Waals surface area contributed by atoms with Gasteiger partial charge in [0.2, 0.25) is 0 Å². The summed E-state index contributed by atoms with van der Waals surface area (Å²) in [4.78, 5) is 30.3. The van der Waals surface area contributed by atoms with E-state index in [4.69, 9.17) is 22.3 Å². The van der Waals surface area contributed by atoms with E-state index in [0.717, 1.165) is 6.20 Å². The molecule has 0 saturated heterocycles. The Bertz CT molecular complexity index is 1770. The summed E-state index contributed by atoms with van der Waals surface area (Å²) in [6.07, 6.45) is 8.92. The smallest absolute Gasteiger partial charge is 0.267 e. The van der Waals surface area contributed by atoms with Crippen LogP contribution in [0.1, 0.15) is 37.0 Å². The lowest BCUT2D eigenvalue weighted by molar-refractivity contribution is 0.570. The molecule has 0 amide bonds. The predicted octanol–water partition coefficient (Wildman–Crippen LogP) is 5.27. The van der Waals surface area contributed by atoms with Crippen LogP contribution in [0, 0.1) is 23.5 Å². The summed E-state index contributed by atoms with van der Waals surface area (Å²) in [5.74, 6) is 4.04. The molecule has 4 rings (SSSR count). The molecule has 1 unspecified atom stereocenters. The molecule has 3 N–H and O–H groups in total. The van der Waals surface area contributed by atoms with Crippen LogP contribution in [0.3, 0.4) is 0 Å². The summed E-state index contributed by atoms with van der Waals surface area (Å²) >= 11 is 6.36. The maximum atomic E-state index is 14.1. The van der Waals surface area contributed by atoms with Crippen LogP contribution in [-0.2, 0) is 0 Å². The molecule has 8 nitrogen and oxygen atoms in total. The molecule has 3 aromatic heterocycles. The maximum Gasteiger partial charge on any atom is 0.267 e. The number of hydrogen-bond acceptors (Lipinski definition) is 7. The van der Waals surface area contributed by atoms with Crippen molar-refractivity contribution in [1.82, 2.24) is 24.5 Å². The molecule has 11 heteroatoms. The van der Waals surface area contributed by atoms with E-state index in [-0.39, 0.29) is 38.9 Å². The first-order chi connectivity index (χ1) is 18.7. The van der Waals surface area contributed by atoms with Crippen LogP contribution in [0.2, 0.25) is 5.02 Å². The quantitative estimate of drug-likeness (QED) is 0.251. The SMILES string of the molecule is C=C/C(=C\C=C/C)n1c(C(C)Nc2ncnc(N)c2C#Cc2ncc(F)cc2F)nc2cccc(Cl)c2c1=O. The summed E-state index contributed by atoms with van der Waals surface area (Å²) in [7, 11) is 0. The molecule has 0 aliphatic carbocycles. The number of anilines is 2. The van der Waals surface area contributed by atoms with Crippen LogP contribution < -0.4 is 16.6 Å². The Morgan fingerprint density at radius 2 is 2.05 bits per heavy atom. The molecule has 1 atom stereocenters. The first-order valence-electron chi connectivity index (χ1n) is 11.6. The van der Waals surface area contributed by atoms with Crippen molar-refractivity contribution in [2.24, 2.45) is 0 Å². The van der Waals surface area contributed by atoms with Gasteiger partial charge in [0.25, 0.3) is 5.56 Å². The molecule has 1 aromatic carbocycles. The summed E-state index contributed by atoms with van der Waals surface area (Å²) in [5, 5.41) is 3.69. The summed E-state index contributed by atoms with van der Waals surface area (Å²) < 4.78 is 28.7. The summed E-state index contributed by atoms with van der Waals surface area (Å²) in [6, 6.07) is 5.06. The van der Waals surface area contributed by atoms with Gasteiger partial charge in [-0.3, -0.25) is 9.36 Å². The van der Waals surface area contributed by atoms with Gasteiger partial charge >= 0.3 is 0 Å². The molecule has 39 heavy (non-hydrogen) atoms. The zero-order chi connectivity index (χ0) is 28.1. The van der Waals surface area contributed by atoms with E-state index < -0.39 is 17.7 Å². The third-order valence-corrected chi connectivity index (χ3v) is 5.85. The Hall–Kier alpha value is -4.88. The Kier molecular flexibility index (Phi) is 8.13. The second-order valence-corrected chi connectivity index (χ2v) is 8.56. The number of nitrogen functional groups attached to an aromatic ring is 1. The second-order valence-electron chi connectivity index (χ2n) is 8.15. The van der Waals surface area contributed by atoms with Crippen molar-refractivity contribution in [1.29, 1.82) is 0 Å². The van der Waals surface area contributed by atoms with Gasteiger partial charge < -0.3 is 11.1 Å². The van der Waals surface area contributed by atoms with Crippen molar-refractivity contribution >= 4 is 39.8 Å². The highest BCUT2D eigenvalue weighted by Gasteiger charge is 2.21. The standard InChI is InChI=1S/C28H22ClF2N7O/c1-4-6-8-18(5-2)38-27(37-23-10-7-9-20(29)24(23)28(38)39)16(3)36-26-19(25(32)34-15-35-26)11-12-22-21(31)13-17(30)14-33-22/h4-10,13-16H,2H2,1,3H3,(H3,32,34,35,36)/b6-4-,18-8+. The molecular formula is C28H22ClF2N7O. The number of nitrogens with two attached hydrogens (primary N) is 1. The van der Waals surface area contributed by atoms with Crippen molar-refractivity contribution in [3.63, 3.8) is 0 Å². The number of benzene rings is 1. The summed E-state index contributed by atoms with van der Waals surface area (Å²) in [6.45, 7) is 7.46. The summed E-state index contributed by atoms with van der Waals surface area (Å²) in [5.41, 5.74) is 6.42. The Balaban J connectivity index is 1.85. The molecule has 0 spiro atoms. The fourth-order valence-corrected chi connectivity index (χ4v) is 3.96. The largest absolute Gasteiger partial charge is 0.382 e. The van der Waals surface area contributed by atoms with E-state index >= 15 is 0 Å². The number of rotatable bonds is 6. The Morgan fingerprint density at radius 3 is 2.77 bits per heavy atom. The highest BCUT2D eigenvalue weighted by atomic mass is 35.5. The van der Waals surface area contributed by atoms with Crippen LogP contribution in [0.25, 0.3) is 16.6 Å².